The highest BCUT2D eigenvalue weighted by molar-refractivity contribution is 6.24. The molecule has 0 unspecified atom stereocenters. The van der Waals surface area contributed by atoms with E-state index in [1.54, 1.807) is 6.07 Å². The van der Waals surface area contributed by atoms with E-state index in [0.29, 0.717) is 11.3 Å². The van der Waals surface area contributed by atoms with Crippen LogP contribution >= 0.6 is 0 Å². The minimum absolute atomic E-state index is 0.169. The second kappa shape index (κ2) is 10.4. The molecule has 9 aromatic rings. The van der Waals surface area contributed by atoms with Crippen molar-refractivity contribution in [1.29, 1.82) is 0 Å². The van der Waals surface area contributed by atoms with Gasteiger partial charge in [0, 0.05) is 16.5 Å². The Morgan fingerprint density at radius 1 is 0.400 bits per heavy atom. The quantitative estimate of drug-likeness (QED) is 0.190. The lowest BCUT2D eigenvalue weighted by molar-refractivity contribution is 0.634. The monoisotopic (exact) mass is 577 g/mol. The van der Waals surface area contributed by atoms with Crippen LogP contribution in [0.1, 0.15) is 6.85 Å². The summed E-state index contributed by atoms with van der Waals surface area (Å²) in [5.41, 5.74) is 6.44. The van der Waals surface area contributed by atoms with Gasteiger partial charge in [0.25, 0.3) is 0 Å². The molecular formula is C44H28O. The Morgan fingerprint density at radius 2 is 0.956 bits per heavy atom. The van der Waals surface area contributed by atoms with Crippen LogP contribution in [-0.2, 0) is 0 Å². The average Bonchev–Trinajstić information content (AvgIpc) is 3.54. The highest BCUT2D eigenvalue weighted by atomic mass is 16.3. The number of rotatable bonds is 4. The molecule has 0 spiro atoms. The van der Waals surface area contributed by atoms with Crippen LogP contribution in [-0.4, -0.2) is 0 Å². The topological polar surface area (TPSA) is 13.1 Å². The van der Waals surface area contributed by atoms with E-state index in [1.807, 2.05) is 42.5 Å². The maximum Gasteiger partial charge on any atom is 0.144 e. The molecule has 1 heterocycles. The lowest BCUT2D eigenvalue weighted by atomic mass is 9.85. The van der Waals surface area contributed by atoms with Crippen LogP contribution in [0.3, 0.4) is 0 Å². The summed E-state index contributed by atoms with van der Waals surface area (Å²) in [6.45, 7) is 0. The van der Waals surface area contributed by atoms with Crippen LogP contribution in [0.4, 0.5) is 0 Å². The molecule has 1 nitrogen and oxygen atoms in total. The van der Waals surface area contributed by atoms with E-state index in [0.717, 1.165) is 54.8 Å². The van der Waals surface area contributed by atoms with Crippen molar-refractivity contribution in [2.24, 2.45) is 0 Å². The maximum atomic E-state index is 8.66. The molecule has 1 aromatic heterocycles. The molecule has 0 aliphatic rings. The van der Waals surface area contributed by atoms with Crippen LogP contribution in [0.5, 0.6) is 0 Å². The van der Waals surface area contributed by atoms with Gasteiger partial charge < -0.3 is 4.42 Å². The van der Waals surface area contributed by atoms with Crippen molar-refractivity contribution in [2.75, 3.05) is 0 Å². The Hall–Kier alpha value is -5.92. The number of hydrogen-bond donors (Lipinski definition) is 0. The first-order valence-corrected chi connectivity index (χ1v) is 15.0. The van der Waals surface area contributed by atoms with Gasteiger partial charge >= 0.3 is 0 Å². The number of para-hydroxylation sites is 1. The van der Waals surface area contributed by atoms with Crippen molar-refractivity contribution < 1.29 is 11.3 Å². The molecule has 1 heteroatoms. The first kappa shape index (κ1) is 20.9. The fourth-order valence-electron chi connectivity index (χ4n) is 6.84. The van der Waals surface area contributed by atoms with Crippen LogP contribution in [0, 0.1) is 0 Å². The summed E-state index contributed by atoms with van der Waals surface area (Å²) < 4.78 is 48.8. The van der Waals surface area contributed by atoms with Gasteiger partial charge in [0.1, 0.15) is 11.3 Å². The minimum Gasteiger partial charge on any atom is -0.455 e. The summed E-state index contributed by atoms with van der Waals surface area (Å²) in [6, 6.07) is 45.9. The molecule has 0 fully saturated rings. The van der Waals surface area contributed by atoms with Crippen LogP contribution in [0.15, 0.2) is 174 Å². The molecule has 0 N–H and O–H groups in total. The summed E-state index contributed by atoms with van der Waals surface area (Å²) in [7, 11) is 0. The van der Waals surface area contributed by atoms with Gasteiger partial charge in [-0.2, -0.15) is 0 Å². The average molecular weight is 578 g/mol. The predicted octanol–water partition coefficient (Wildman–Crippen LogP) is 12.6. The Bertz CT molecular complexity index is 2740. The fraction of sp³-hybridized carbons (Fsp3) is 0. The molecule has 0 bridgehead atoms. The van der Waals surface area contributed by atoms with Gasteiger partial charge in [-0.25, -0.2) is 0 Å². The number of furan rings is 1. The molecule has 210 valence electrons. The molecule has 8 aromatic carbocycles. The summed E-state index contributed by atoms with van der Waals surface area (Å²) >= 11 is 0. The van der Waals surface area contributed by atoms with Crippen LogP contribution in [0.25, 0.3) is 88.0 Å². The zero-order valence-electron chi connectivity index (χ0n) is 29.2. The largest absolute Gasteiger partial charge is 0.455 e. The van der Waals surface area contributed by atoms with Crippen molar-refractivity contribution in [3.63, 3.8) is 0 Å². The third kappa shape index (κ3) is 4.09. The molecule has 45 heavy (non-hydrogen) atoms. The normalized spacial score (nSPS) is 13.1. The van der Waals surface area contributed by atoms with Crippen molar-refractivity contribution in [3.8, 4) is 44.7 Å². The Labute approximate surface area is 268 Å². The highest BCUT2D eigenvalue weighted by Crippen LogP contribution is 2.49. The van der Waals surface area contributed by atoms with Crippen LogP contribution < -0.4 is 0 Å². The fourth-order valence-corrected chi connectivity index (χ4v) is 6.84. The summed E-state index contributed by atoms with van der Waals surface area (Å²) in [5.74, 6) is 0.710. The van der Waals surface area contributed by atoms with E-state index >= 15 is 0 Å². The Morgan fingerprint density at radius 3 is 1.69 bits per heavy atom. The summed E-state index contributed by atoms with van der Waals surface area (Å²) in [6.07, 6.45) is 0. The maximum absolute atomic E-state index is 8.66. The molecule has 0 amide bonds. The predicted molar refractivity (Wildman–Crippen MR) is 190 cm³/mol. The number of hydrogen-bond acceptors (Lipinski definition) is 1. The minimum atomic E-state index is -0.409. The zero-order valence-corrected chi connectivity index (χ0v) is 24.2. The molecule has 0 aliphatic heterocycles. The number of benzene rings is 8. The van der Waals surface area contributed by atoms with Crippen molar-refractivity contribution in [1.82, 2.24) is 0 Å². The molecule has 0 atom stereocenters. The van der Waals surface area contributed by atoms with Gasteiger partial charge in [-0.15, -0.1) is 0 Å². The van der Waals surface area contributed by atoms with Gasteiger partial charge in [0.2, 0.25) is 0 Å². The van der Waals surface area contributed by atoms with E-state index in [9.17, 15) is 0 Å². The van der Waals surface area contributed by atoms with E-state index in [4.69, 9.17) is 11.3 Å². The van der Waals surface area contributed by atoms with E-state index in [1.165, 1.54) is 16.3 Å². The lowest BCUT2D eigenvalue weighted by Gasteiger charge is -2.18. The van der Waals surface area contributed by atoms with E-state index < -0.39 is 6.04 Å². The molecular weight excluding hydrogens is 544 g/mol. The summed E-state index contributed by atoms with van der Waals surface area (Å²) in [4.78, 5) is 0. The van der Waals surface area contributed by atoms with Crippen molar-refractivity contribution >= 4 is 43.3 Å². The smallest absolute Gasteiger partial charge is 0.144 e. The van der Waals surface area contributed by atoms with Crippen molar-refractivity contribution in [2.45, 2.75) is 0 Å². The molecule has 0 radical (unpaired) electrons. The third-order valence-electron chi connectivity index (χ3n) is 8.75. The molecule has 0 saturated heterocycles. The molecule has 0 aliphatic carbocycles. The van der Waals surface area contributed by atoms with Gasteiger partial charge in [-0.1, -0.05) is 158 Å². The molecule has 0 saturated carbocycles. The summed E-state index contributed by atoms with van der Waals surface area (Å²) in [5, 5.41) is 7.61. The lowest BCUT2D eigenvalue weighted by Crippen LogP contribution is -1.92. The SMILES string of the molecule is [2H]c1c([2H])c([2H])c(-c2cccc(-c3c(-c4c5ccccc5c(-c5cccc6ccccc56)c5ccccc45)oc4ccccc34)c2)c([2H])c1[2H]. The zero-order chi connectivity index (χ0) is 34.1. The van der Waals surface area contributed by atoms with Gasteiger partial charge in [-0.3, -0.25) is 0 Å². The van der Waals surface area contributed by atoms with Gasteiger partial charge in [0.05, 0.1) is 6.85 Å². The standard InChI is InChI=1S/C44H28O/c1-2-14-29(15-3-1)31-18-12-19-32(28-31)41-39-25-10-11-27-40(39)45-44(41)43-37-23-8-6-21-35(37)42(36-22-7-9-24-38(36)43)34-26-13-17-30-16-4-5-20-33(30)34/h1-28H/i1D,2D,3D,14D,15D. The van der Waals surface area contributed by atoms with Crippen LogP contribution in [0.2, 0.25) is 0 Å². The number of fused-ring (bicyclic) bond motifs is 4. The Kier molecular flexibility index (Phi) is 4.81. The third-order valence-corrected chi connectivity index (χ3v) is 8.75. The first-order valence-electron chi connectivity index (χ1n) is 17.5. The first-order chi connectivity index (χ1) is 24.4. The second-order valence-electron chi connectivity index (χ2n) is 11.3. The van der Waals surface area contributed by atoms with Crippen molar-refractivity contribution in [3.05, 3.63) is 170 Å². The van der Waals surface area contributed by atoms with E-state index in [2.05, 4.69) is 91.0 Å². The van der Waals surface area contributed by atoms with Gasteiger partial charge in [-0.05, 0) is 72.3 Å². The molecule has 9 rings (SSSR count). The van der Waals surface area contributed by atoms with E-state index in [-0.39, 0.29) is 29.7 Å². The highest BCUT2D eigenvalue weighted by Gasteiger charge is 2.24. The second-order valence-corrected chi connectivity index (χ2v) is 11.3. The Balaban J connectivity index is 1.38. The van der Waals surface area contributed by atoms with Gasteiger partial charge in [0.15, 0.2) is 0 Å².